The van der Waals surface area contributed by atoms with E-state index in [1.807, 2.05) is 0 Å². The molecular formula is C19H31IN4OS. The fourth-order valence-corrected chi connectivity index (χ4v) is 3.43. The predicted molar refractivity (Wildman–Crippen MR) is 122 cm³/mol. The molecule has 7 heteroatoms. The Hall–Kier alpha value is -0.960. The highest BCUT2D eigenvalue weighted by Crippen LogP contribution is 2.26. The Morgan fingerprint density at radius 1 is 1.23 bits per heavy atom. The lowest BCUT2D eigenvalue weighted by atomic mass is 9.85. The predicted octanol–water partition coefficient (Wildman–Crippen LogP) is 3.31. The van der Waals surface area contributed by atoms with Crippen LogP contribution in [-0.2, 0) is 11.3 Å². The maximum absolute atomic E-state index is 11.8. The molecule has 1 aliphatic rings. The highest BCUT2D eigenvalue weighted by Gasteiger charge is 2.24. The Morgan fingerprint density at radius 2 is 1.96 bits per heavy atom. The summed E-state index contributed by atoms with van der Waals surface area (Å²) in [6.45, 7) is 4.36. The molecule has 1 aromatic rings. The molecule has 26 heavy (non-hydrogen) atoms. The molecule has 1 fully saturated rings. The molecule has 0 radical (unpaired) electrons. The Labute approximate surface area is 178 Å². The summed E-state index contributed by atoms with van der Waals surface area (Å²) in [6, 6.07) is 6.51. The van der Waals surface area contributed by atoms with Crippen molar-refractivity contribution in [1.82, 2.24) is 16.0 Å². The van der Waals surface area contributed by atoms with E-state index in [9.17, 15) is 4.79 Å². The first-order chi connectivity index (χ1) is 12.1. The van der Waals surface area contributed by atoms with Gasteiger partial charge in [0.15, 0.2) is 5.96 Å². The number of hydrogen-bond donors (Lipinski definition) is 3. The van der Waals surface area contributed by atoms with Crippen LogP contribution in [0.15, 0.2) is 28.1 Å². The Kier molecular flexibility index (Phi) is 11.0. The molecule has 1 amide bonds. The first-order valence-corrected chi connectivity index (χ1v) is 10.2. The molecule has 5 nitrogen and oxygen atoms in total. The van der Waals surface area contributed by atoms with Crippen molar-refractivity contribution in [3.8, 4) is 0 Å². The lowest BCUT2D eigenvalue weighted by molar-refractivity contribution is -0.127. The van der Waals surface area contributed by atoms with Crippen molar-refractivity contribution in [3.63, 3.8) is 0 Å². The summed E-state index contributed by atoms with van der Waals surface area (Å²) in [6.07, 6.45) is 6.29. The van der Waals surface area contributed by atoms with Gasteiger partial charge in [0.1, 0.15) is 0 Å². The zero-order valence-electron chi connectivity index (χ0n) is 15.9. The van der Waals surface area contributed by atoms with Gasteiger partial charge in [-0.1, -0.05) is 18.6 Å². The summed E-state index contributed by atoms with van der Waals surface area (Å²) >= 11 is 1.76. The molecule has 0 aliphatic heterocycles. The highest BCUT2D eigenvalue weighted by atomic mass is 127. The minimum Gasteiger partial charge on any atom is -0.356 e. The summed E-state index contributed by atoms with van der Waals surface area (Å²) in [4.78, 5) is 17.3. The number of halogens is 1. The summed E-state index contributed by atoms with van der Waals surface area (Å²) in [7, 11) is 1.78. The number of benzene rings is 1. The van der Waals surface area contributed by atoms with E-state index >= 15 is 0 Å². The number of nitrogens with one attached hydrogen (secondary N) is 3. The number of carbonyl (C=O) groups excluding carboxylic acids is 1. The second kappa shape index (κ2) is 12.4. The number of thioether (sulfide) groups is 1. The number of amides is 1. The van der Waals surface area contributed by atoms with Crippen molar-refractivity contribution in [3.05, 3.63) is 29.3 Å². The van der Waals surface area contributed by atoms with Crippen LogP contribution in [0.25, 0.3) is 0 Å². The summed E-state index contributed by atoms with van der Waals surface area (Å²) in [5.41, 5.74) is 2.55. The minimum absolute atomic E-state index is 0. The van der Waals surface area contributed by atoms with Gasteiger partial charge < -0.3 is 16.0 Å². The lowest BCUT2D eigenvalue weighted by Crippen LogP contribution is -2.39. The second-order valence-electron chi connectivity index (χ2n) is 6.44. The van der Waals surface area contributed by atoms with Gasteiger partial charge in [-0.05, 0) is 49.6 Å². The van der Waals surface area contributed by atoms with E-state index in [1.54, 1.807) is 18.8 Å². The van der Waals surface area contributed by atoms with Gasteiger partial charge in [-0.3, -0.25) is 9.79 Å². The summed E-state index contributed by atoms with van der Waals surface area (Å²) in [5, 5.41) is 9.67. The van der Waals surface area contributed by atoms with E-state index in [-0.39, 0.29) is 35.8 Å². The van der Waals surface area contributed by atoms with Crippen molar-refractivity contribution in [2.45, 2.75) is 44.0 Å². The van der Waals surface area contributed by atoms with Crippen LogP contribution in [0.5, 0.6) is 0 Å². The van der Waals surface area contributed by atoms with Crippen molar-refractivity contribution in [2.75, 3.05) is 26.4 Å². The smallest absolute Gasteiger partial charge is 0.223 e. The Balaban J connectivity index is 0.00000338. The van der Waals surface area contributed by atoms with E-state index in [0.717, 1.165) is 38.3 Å². The van der Waals surface area contributed by atoms with Gasteiger partial charge in [-0.15, -0.1) is 35.7 Å². The van der Waals surface area contributed by atoms with E-state index in [0.29, 0.717) is 6.54 Å². The highest BCUT2D eigenvalue weighted by molar-refractivity contribution is 14.0. The van der Waals surface area contributed by atoms with Crippen LogP contribution in [-0.4, -0.2) is 38.3 Å². The molecule has 0 saturated heterocycles. The van der Waals surface area contributed by atoms with Crippen LogP contribution < -0.4 is 16.0 Å². The molecule has 1 saturated carbocycles. The zero-order chi connectivity index (χ0) is 18.1. The lowest BCUT2D eigenvalue weighted by Gasteiger charge is -2.24. The third-order valence-corrected chi connectivity index (χ3v) is 5.35. The molecular weight excluding hydrogens is 459 g/mol. The molecule has 0 spiro atoms. The van der Waals surface area contributed by atoms with Gasteiger partial charge in [-0.25, -0.2) is 0 Å². The summed E-state index contributed by atoms with van der Waals surface area (Å²) < 4.78 is 0. The molecule has 0 unspecified atom stereocenters. The first kappa shape index (κ1) is 23.1. The topological polar surface area (TPSA) is 65.5 Å². The van der Waals surface area contributed by atoms with Crippen molar-refractivity contribution in [2.24, 2.45) is 10.9 Å². The monoisotopic (exact) mass is 490 g/mol. The molecule has 0 aromatic heterocycles. The average Bonchev–Trinajstić information content (AvgIpc) is 2.56. The SMILES string of the molecule is CN=C(NCCCNC(=O)C1CCC1)NCc1ccc(C)cc1SC.I. The van der Waals surface area contributed by atoms with Crippen LogP contribution in [0.4, 0.5) is 0 Å². The number of aliphatic imine (C=N–C) groups is 1. The number of hydrogen-bond acceptors (Lipinski definition) is 3. The van der Waals surface area contributed by atoms with Gasteiger partial charge in [0.25, 0.3) is 0 Å². The Bertz CT molecular complexity index is 605. The van der Waals surface area contributed by atoms with E-state index < -0.39 is 0 Å². The molecule has 0 atom stereocenters. The Morgan fingerprint density at radius 3 is 2.58 bits per heavy atom. The molecule has 3 N–H and O–H groups in total. The van der Waals surface area contributed by atoms with Gasteiger partial charge in [0.05, 0.1) is 0 Å². The fourth-order valence-electron chi connectivity index (χ4n) is 2.72. The van der Waals surface area contributed by atoms with E-state index in [4.69, 9.17) is 0 Å². The standard InChI is InChI=1S/C19H30N4OS.HI/c1-14-8-9-16(17(12-14)25-3)13-23-19(20-2)22-11-5-10-21-18(24)15-6-4-7-15;/h8-9,12,15H,4-7,10-11,13H2,1-3H3,(H,21,24)(H2,20,22,23);1H. The molecule has 0 bridgehead atoms. The molecule has 2 rings (SSSR count). The van der Waals surface area contributed by atoms with Crippen LogP contribution in [0.1, 0.15) is 36.8 Å². The van der Waals surface area contributed by atoms with Crippen molar-refractivity contribution < 1.29 is 4.79 Å². The summed E-state index contributed by atoms with van der Waals surface area (Å²) in [5.74, 6) is 1.28. The molecule has 1 aliphatic carbocycles. The van der Waals surface area contributed by atoms with Gasteiger partial charge >= 0.3 is 0 Å². The zero-order valence-corrected chi connectivity index (χ0v) is 19.1. The van der Waals surface area contributed by atoms with Crippen LogP contribution >= 0.6 is 35.7 Å². The minimum atomic E-state index is 0. The molecule has 0 heterocycles. The second-order valence-corrected chi connectivity index (χ2v) is 7.29. The number of rotatable bonds is 8. The molecule has 1 aromatic carbocycles. The average molecular weight is 490 g/mol. The van der Waals surface area contributed by atoms with Gasteiger partial charge in [0.2, 0.25) is 5.91 Å². The van der Waals surface area contributed by atoms with Crippen LogP contribution in [0, 0.1) is 12.8 Å². The largest absolute Gasteiger partial charge is 0.356 e. The third-order valence-electron chi connectivity index (χ3n) is 4.53. The van der Waals surface area contributed by atoms with Gasteiger partial charge in [-0.2, -0.15) is 0 Å². The maximum Gasteiger partial charge on any atom is 0.223 e. The maximum atomic E-state index is 11.8. The number of aryl methyl sites for hydroxylation is 1. The number of nitrogens with zero attached hydrogens (tertiary/aromatic N) is 1. The van der Waals surface area contributed by atoms with Crippen molar-refractivity contribution in [1.29, 1.82) is 0 Å². The van der Waals surface area contributed by atoms with Crippen LogP contribution in [0.2, 0.25) is 0 Å². The van der Waals surface area contributed by atoms with Crippen molar-refractivity contribution >= 4 is 47.6 Å². The quantitative estimate of drug-likeness (QED) is 0.172. The van der Waals surface area contributed by atoms with Gasteiger partial charge in [0, 0.05) is 37.5 Å². The first-order valence-electron chi connectivity index (χ1n) is 8.99. The normalized spacial score (nSPS) is 14.2. The fraction of sp³-hybridized carbons (Fsp3) is 0.579. The molecule has 146 valence electrons. The van der Waals surface area contributed by atoms with E-state index in [1.165, 1.54) is 22.4 Å². The number of carbonyl (C=O) groups is 1. The van der Waals surface area contributed by atoms with E-state index in [2.05, 4.69) is 52.3 Å². The third kappa shape index (κ3) is 7.34. The van der Waals surface area contributed by atoms with Crippen LogP contribution in [0.3, 0.4) is 0 Å². The number of guanidine groups is 1.